The Balaban J connectivity index is 3.09. The topological polar surface area (TPSA) is 17.1 Å². The van der Waals surface area contributed by atoms with E-state index < -0.39 is 5.82 Å². The first kappa shape index (κ1) is 11.8. The van der Waals surface area contributed by atoms with Crippen molar-refractivity contribution >= 4 is 40.6 Å². The predicted octanol–water partition coefficient (Wildman–Crippen LogP) is 3.94. The van der Waals surface area contributed by atoms with Gasteiger partial charge >= 0.3 is 0 Å². The van der Waals surface area contributed by atoms with E-state index in [9.17, 15) is 9.18 Å². The summed E-state index contributed by atoms with van der Waals surface area (Å²) >= 11 is 16.6. The molecule has 0 atom stereocenters. The van der Waals surface area contributed by atoms with Gasteiger partial charge in [0.15, 0.2) is 5.78 Å². The number of carbonyl (C=O) groups is 1. The number of carbonyl (C=O) groups excluding carboxylic acids is 1. The number of Topliss-reactive ketones (excluding diaryl/α,β-unsaturated/α-hetero) is 1. The molecule has 76 valence electrons. The Hall–Kier alpha value is -0.310. The van der Waals surface area contributed by atoms with E-state index in [-0.39, 0.29) is 33.7 Å². The van der Waals surface area contributed by atoms with Crippen LogP contribution in [0.5, 0.6) is 0 Å². The number of benzene rings is 1. The number of ketones is 1. The normalized spacial score (nSPS) is 10.3. The largest absolute Gasteiger partial charge is 0.294 e. The average molecular weight is 256 g/mol. The van der Waals surface area contributed by atoms with Crippen LogP contribution in [0.3, 0.4) is 0 Å². The maximum Gasteiger partial charge on any atom is 0.165 e. The lowest BCUT2D eigenvalue weighted by Gasteiger charge is -2.03. The Morgan fingerprint density at radius 2 is 1.93 bits per heavy atom. The van der Waals surface area contributed by atoms with Gasteiger partial charge in [0.05, 0.1) is 10.0 Å². The summed E-state index contributed by atoms with van der Waals surface area (Å²) in [5.74, 6) is -0.770. The fraction of sp³-hybridized carbons (Fsp3) is 0.222. The van der Waals surface area contributed by atoms with Crippen LogP contribution in [0.4, 0.5) is 4.39 Å². The molecule has 0 spiro atoms. The molecule has 0 aliphatic heterocycles. The molecule has 0 aromatic heterocycles. The molecule has 1 aromatic rings. The molecule has 0 heterocycles. The molecule has 14 heavy (non-hydrogen) atoms. The molecule has 0 unspecified atom stereocenters. The second-order valence-corrected chi connectivity index (χ2v) is 3.80. The fourth-order valence-electron chi connectivity index (χ4n) is 0.957. The minimum Gasteiger partial charge on any atom is -0.294 e. The highest BCUT2D eigenvalue weighted by molar-refractivity contribution is 6.37. The van der Waals surface area contributed by atoms with Gasteiger partial charge in [0.25, 0.3) is 0 Å². The van der Waals surface area contributed by atoms with Crippen LogP contribution in [0.25, 0.3) is 0 Å². The second-order valence-electron chi connectivity index (χ2n) is 2.61. The second kappa shape index (κ2) is 4.96. The van der Waals surface area contributed by atoms with Gasteiger partial charge in [0.2, 0.25) is 0 Å². The maximum absolute atomic E-state index is 13.0. The summed E-state index contributed by atoms with van der Waals surface area (Å²) in [5, 5.41) is 0.0453. The van der Waals surface area contributed by atoms with Gasteiger partial charge in [-0.25, -0.2) is 4.39 Å². The first-order valence-corrected chi connectivity index (χ1v) is 5.09. The van der Waals surface area contributed by atoms with Gasteiger partial charge in [0, 0.05) is 17.9 Å². The molecule has 0 fully saturated rings. The van der Waals surface area contributed by atoms with Crippen LogP contribution in [-0.2, 0) is 0 Å². The van der Waals surface area contributed by atoms with Gasteiger partial charge in [0.1, 0.15) is 5.82 Å². The average Bonchev–Trinajstić information content (AvgIpc) is 2.11. The molecule has 5 heteroatoms. The molecule has 0 amide bonds. The van der Waals surface area contributed by atoms with Crippen LogP contribution in [0.15, 0.2) is 12.1 Å². The zero-order chi connectivity index (χ0) is 10.7. The minimum absolute atomic E-state index is 0.0996. The van der Waals surface area contributed by atoms with Crippen LogP contribution < -0.4 is 0 Å². The zero-order valence-electron chi connectivity index (χ0n) is 6.99. The summed E-state index contributed by atoms with van der Waals surface area (Å²) in [7, 11) is 0. The molecule has 0 aliphatic carbocycles. The van der Waals surface area contributed by atoms with Gasteiger partial charge in [-0.3, -0.25) is 4.79 Å². The van der Waals surface area contributed by atoms with Crippen LogP contribution in [0.1, 0.15) is 16.8 Å². The summed E-state index contributed by atoms with van der Waals surface area (Å²) < 4.78 is 13.0. The van der Waals surface area contributed by atoms with Crippen molar-refractivity contribution in [2.45, 2.75) is 6.42 Å². The highest BCUT2D eigenvalue weighted by Crippen LogP contribution is 2.25. The molecule has 0 bridgehead atoms. The van der Waals surface area contributed by atoms with E-state index in [1.807, 2.05) is 0 Å². The smallest absolute Gasteiger partial charge is 0.165 e. The van der Waals surface area contributed by atoms with E-state index in [0.29, 0.717) is 0 Å². The number of rotatable bonds is 3. The van der Waals surface area contributed by atoms with Crippen molar-refractivity contribution < 1.29 is 9.18 Å². The molecule has 0 saturated heterocycles. The van der Waals surface area contributed by atoms with Crippen molar-refractivity contribution in [3.8, 4) is 0 Å². The predicted molar refractivity (Wildman–Crippen MR) is 56.1 cm³/mol. The highest BCUT2D eigenvalue weighted by atomic mass is 35.5. The molecular formula is C9H6Cl3FO. The van der Waals surface area contributed by atoms with E-state index in [1.54, 1.807) is 0 Å². The molecule has 0 N–H and O–H groups in total. The third-order valence-corrected chi connectivity index (χ3v) is 2.42. The van der Waals surface area contributed by atoms with Crippen molar-refractivity contribution in [2.24, 2.45) is 0 Å². The number of alkyl halides is 1. The Bertz CT molecular complexity index is 365. The minimum atomic E-state index is -0.658. The Labute approximate surface area is 95.8 Å². The van der Waals surface area contributed by atoms with Crippen LogP contribution in [0.2, 0.25) is 10.0 Å². The van der Waals surface area contributed by atoms with E-state index in [4.69, 9.17) is 34.8 Å². The summed E-state index contributed by atoms with van der Waals surface area (Å²) in [4.78, 5) is 11.4. The van der Waals surface area contributed by atoms with Crippen molar-refractivity contribution in [3.05, 3.63) is 33.6 Å². The first-order valence-electron chi connectivity index (χ1n) is 3.80. The van der Waals surface area contributed by atoms with E-state index in [1.165, 1.54) is 6.07 Å². The molecule has 0 aliphatic rings. The third-order valence-electron chi connectivity index (χ3n) is 1.63. The van der Waals surface area contributed by atoms with Gasteiger partial charge < -0.3 is 0 Å². The number of hydrogen-bond donors (Lipinski definition) is 0. The quantitative estimate of drug-likeness (QED) is 0.454. The maximum atomic E-state index is 13.0. The SMILES string of the molecule is O=C(CCCl)c1cc(F)c(Cl)cc1Cl. The Kier molecular flexibility index (Phi) is 4.17. The molecular weight excluding hydrogens is 249 g/mol. The zero-order valence-corrected chi connectivity index (χ0v) is 9.26. The van der Waals surface area contributed by atoms with Crippen molar-refractivity contribution in [2.75, 3.05) is 5.88 Å². The van der Waals surface area contributed by atoms with Crippen LogP contribution in [0, 0.1) is 5.82 Å². The molecule has 0 saturated carbocycles. The summed E-state index contributed by atoms with van der Waals surface area (Å²) in [5.41, 5.74) is 0.120. The molecule has 1 nitrogen and oxygen atoms in total. The summed E-state index contributed by atoms with van der Waals surface area (Å²) in [6, 6.07) is 2.24. The van der Waals surface area contributed by atoms with Gasteiger partial charge in [-0.2, -0.15) is 0 Å². The summed E-state index contributed by atoms with van der Waals surface area (Å²) in [6.07, 6.45) is 0.127. The Morgan fingerprint density at radius 3 is 2.50 bits per heavy atom. The highest BCUT2D eigenvalue weighted by Gasteiger charge is 2.13. The van der Waals surface area contributed by atoms with E-state index in [0.717, 1.165) is 6.07 Å². The van der Waals surface area contributed by atoms with E-state index in [2.05, 4.69) is 0 Å². The molecule has 0 radical (unpaired) electrons. The van der Waals surface area contributed by atoms with Gasteiger partial charge in [-0.1, -0.05) is 23.2 Å². The number of hydrogen-bond acceptors (Lipinski definition) is 1. The van der Waals surface area contributed by atoms with E-state index >= 15 is 0 Å². The van der Waals surface area contributed by atoms with Crippen molar-refractivity contribution in [3.63, 3.8) is 0 Å². The first-order chi connectivity index (χ1) is 6.56. The fourth-order valence-corrected chi connectivity index (χ4v) is 1.62. The number of halogens is 4. The van der Waals surface area contributed by atoms with Crippen LogP contribution >= 0.6 is 34.8 Å². The summed E-state index contributed by atoms with van der Waals surface area (Å²) in [6.45, 7) is 0. The standard InChI is InChI=1S/C9H6Cl3FO/c10-2-1-9(14)5-3-8(13)7(12)4-6(5)11/h3-4H,1-2H2. The van der Waals surface area contributed by atoms with Crippen molar-refractivity contribution in [1.29, 1.82) is 0 Å². The van der Waals surface area contributed by atoms with Crippen molar-refractivity contribution in [1.82, 2.24) is 0 Å². The molecule has 1 aromatic carbocycles. The third kappa shape index (κ3) is 2.59. The van der Waals surface area contributed by atoms with Gasteiger partial charge in [-0.05, 0) is 12.1 Å². The monoisotopic (exact) mass is 254 g/mol. The molecule has 1 rings (SSSR count). The van der Waals surface area contributed by atoms with Crippen LogP contribution in [-0.4, -0.2) is 11.7 Å². The lowest BCUT2D eigenvalue weighted by Crippen LogP contribution is -2.01. The Morgan fingerprint density at radius 1 is 1.29 bits per heavy atom. The van der Waals surface area contributed by atoms with Gasteiger partial charge in [-0.15, -0.1) is 11.6 Å². The lowest BCUT2D eigenvalue weighted by atomic mass is 10.1. The lowest BCUT2D eigenvalue weighted by molar-refractivity contribution is 0.0989.